The Kier molecular flexibility index (Phi) is 3.85. The molecule has 22 heavy (non-hydrogen) atoms. The lowest BCUT2D eigenvalue weighted by atomic mass is 10.0. The summed E-state index contributed by atoms with van der Waals surface area (Å²) in [4.78, 5) is 28.2. The summed E-state index contributed by atoms with van der Waals surface area (Å²) in [5.41, 5.74) is 8.02. The minimum atomic E-state index is -0.954. The summed E-state index contributed by atoms with van der Waals surface area (Å²) in [5.74, 6) is -1.24. The summed E-state index contributed by atoms with van der Waals surface area (Å²) in [6, 6.07) is 6.37. The zero-order valence-electron chi connectivity index (χ0n) is 12.2. The maximum Gasteiger partial charge on any atom is 0.326 e. The van der Waals surface area contributed by atoms with Crippen LogP contribution in [0.1, 0.15) is 18.4 Å². The largest absolute Gasteiger partial charge is 0.480 e. The molecule has 1 fully saturated rings. The lowest BCUT2D eigenvalue weighted by Gasteiger charge is -2.24. The van der Waals surface area contributed by atoms with Gasteiger partial charge in [-0.05, 0) is 30.9 Å². The summed E-state index contributed by atoms with van der Waals surface area (Å²) >= 11 is 0. The maximum atomic E-state index is 12.4. The highest BCUT2D eigenvalue weighted by Crippen LogP contribution is 2.22. The SMILES string of the molecule is N[C@H](Cc1c[nH]c2ccccc12)C(=O)N1CCCC1C(=O)O. The highest BCUT2D eigenvalue weighted by Gasteiger charge is 2.36. The van der Waals surface area contributed by atoms with Gasteiger partial charge in [-0.2, -0.15) is 0 Å². The summed E-state index contributed by atoms with van der Waals surface area (Å²) in [5, 5.41) is 10.2. The molecular weight excluding hydrogens is 282 g/mol. The fraction of sp³-hybridized carbons (Fsp3) is 0.375. The number of fused-ring (bicyclic) bond motifs is 1. The number of carbonyl (C=O) groups excluding carboxylic acids is 1. The number of carboxylic acid groups (broad SMARTS) is 1. The third kappa shape index (κ3) is 2.57. The Labute approximate surface area is 127 Å². The lowest BCUT2D eigenvalue weighted by molar-refractivity contribution is -0.148. The van der Waals surface area contributed by atoms with Crippen molar-refractivity contribution in [2.24, 2.45) is 5.73 Å². The number of hydrogen-bond donors (Lipinski definition) is 3. The van der Waals surface area contributed by atoms with E-state index in [0.29, 0.717) is 25.8 Å². The number of para-hydroxylation sites is 1. The Morgan fingerprint density at radius 2 is 2.18 bits per heavy atom. The van der Waals surface area contributed by atoms with Crippen molar-refractivity contribution in [3.05, 3.63) is 36.0 Å². The van der Waals surface area contributed by atoms with Gasteiger partial charge in [-0.25, -0.2) is 4.79 Å². The maximum absolute atomic E-state index is 12.4. The number of benzene rings is 1. The van der Waals surface area contributed by atoms with E-state index in [2.05, 4.69) is 4.98 Å². The van der Waals surface area contributed by atoms with Gasteiger partial charge < -0.3 is 20.7 Å². The van der Waals surface area contributed by atoms with E-state index in [-0.39, 0.29) is 5.91 Å². The van der Waals surface area contributed by atoms with E-state index < -0.39 is 18.1 Å². The van der Waals surface area contributed by atoms with Crippen LogP contribution in [0.5, 0.6) is 0 Å². The number of aromatic nitrogens is 1. The molecule has 6 heteroatoms. The molecule has 0 saturated carbocycles. The van der Waals surface area contributed by atoms with Gasteiger partial charge in [0.25, 0.3) is 0 Å². The molecule has 6 nitrogen and oxygen atoms in total. The first-order valence-electron chi connectivity index (χ1n) is 7.42. The molecule has 0 spiro atoms. The van der Waals surface area contributed by atoms with Crippen LogP contribution in [0, 0.1) is 0 Å². The molecule has 2 atom stereocenters. The molecule has 1 amide bonds. The van der Waals surface area contributed by atoms with Crippen LogP contribution in [-0.4, -0.2) is 45.5 Å². The van der Waals surface area contributed by atoms with Crippen molar-refractivity contribution < 1.29 is 14.7 Å². The zero-order chi connectivity index (χ0) is 15.7. The van der Waals surface area contributed by atoms with Gasteiger partial charge in [0.2, 0.25) is 5.91 Å². The van der Waals surface area contributed by atoms with Gasteiger partial charge in [-0.1, -0.05) is 18.2 Å². The van der Waals surface area contributed by atoms with Crippen LogP contribution in [0.2, 0.25) is 0 Å². The third-order valence-corrected chi connectivity index (χ3v) is 4.25. The number of nitrogens with two attached hydrogens (primary N) is 1. The first kappa shape index (κ1) is 14.6. The van der Waals surface area contributed by atoms with E-state index in [1.54, 1.807) is 0 Å². The number of carbonyl (C=O) groups is 2. The molecule has 1 aromatic carbocycles. The number of nitrogens with one attached hydrogen (secondary N) is 1. The molecule has 1 aliphatic rings. The van der Waals surface area contributed by atoms with E-state index in [1.807, 2.05) is 30.5 Å². The highest BCUT2D eigenvalue weighted by atomic mass is 16.4. The van der Waals surface area contributed by atoms with Gasteiger partial charge >= 0.3 is 5.97 Å². The molecule has 1 aromatic heterocycles. The van der Waals surface area contributed by atoms with E-state index in [0.717, 1.165) is 16.5 Å². The number of amides is 1. The van der Waals surface area contributed by atoms with Crippen LogP contribution >= 0.6 is 0 Å². The number of aliphatic carboxylic acids is 1. The Hall–Kier alpha value is -2.34. The number of hydrogen-bond acceptors (Lipinski definition) is 3. The van der Waals surface area contributed by atoms with Crippen LogP contribution in [0.15, 0.2) is 30.5 Å². The van der Waals surface area contributed by atoms with Crippen molar-refractivity contribution in [3.63, 3.8) is 0 Å². The van der Waals surface area contributed by atoms with E-state index >= 15 is 0 Å². The molecule has 1 aliphatic heterocycles. The molecule has 2 aromatic rings. The number of aromatic amines is 1. The molecule has 0 radical (unpaired) electrons. The zero-order valence-corrected chi connectivity index (χ0v) is 12.2. The molecule has 116 valence electrons. The average Bonchev–Trinajstić information content (AvgIpc) is 3.14. The quantitative estimate of drug-likeness (QED) is 0.787. The summed E-state index contributed by atoms with van der Waals surface area (Å²) in [6.45, 7) is 0.470. The Morgan fingerprint density at radius 1 is 1.41 bits per heavy atom. The van der Waals surface area contributed by atoms with Crippen LogP contribution < -0.4 is 5.73 Å². The molecule has 3 rings (SSSR count). The van der Waals surface area contributed by atoms with Crippen LogP contribution in [0.3, 0.4) is 0 Å². The number of H-pyrrole nitrogens is 1. The van der Waals surface area contributed by atoms with Crippen molar-refractivity contribution in [2.45, 2.75) is 31.3 Å². The van der Waals surface area contributed by atoms with E-state index in [9.17, 15) is 14.7 Å². The van der Waals surface area contributed by atoms with Crippen LogP contribution in [0.25, 0.3) is 10.9 Å². The van der Waals surface area contributed by atoms with Gasteiger partial charge in [0.15, 0.2) is 0 Å². The molecule has 4 N–H and O–H groups in total. The molecule has 0 aliphatic carbocycles. The van der Waals surface area contributed by atoms with Gasteiger partial charge in [-0.15, -0.1) is 0 Å². The molecule has 1 unspecified atom stereocenters. The fourth-order valence-electron chi connectivity index (χ4n) is 3.12. The number of rotatable bonds is 4. The summed E-state index contributed by atoms with van der Waals surface area (Å²) < 4.78 is 0. The van der Waals surface area contributed by atoms with Gasteiger partial charge in [0.05, 0.1) is 6.04 Å². The molecule has 0 bridgehead atoms. The second kappa shape index (κ2) is 5.81. The standard InChI is InChI=1S/C16H19N3O3/c17-12(15(20)19-7-3-6-14(19)16(21)22)8-10-9-18-13-5-2-1-4-11(10)13/h1-2,4-5,9,12,14,18H,3,6-8,17H2,(H,21,22)/t12-,14?/m1/s1. The topological polar surface area (TPSA) is 99.4 Å². The van der Waals surface area contributed by atoms with Gasteiger partial charge in [0.1, 0.15) is 6.04 Å². The molecular formula is C16H19N3O3. The summed E-state index contributed by atoms with van der Waals surface area (Å²) in [7, 11) is 0. The average molecular weight is 301 g/mol. The van der Waals surface area contributed by atoms with Crippen molar-refractivity contribution in [1.82, 2.24) is 9.88 Å². The highest BCUT2D eigenvalue weighted by molar-refractivity contribution is 5.89. The number of carboxylic acids is 1. The van der Waals surface area contributed by atoms with Gasteiger partial charge in [-0.3, -0.25) is 4.79 Å². The normalized spacial score (nSPS) is 19.5. The monoisotopic (exact) mass is 301 g/mol. The van der Waals surface area contributed by atoms with Crippen molar-refractivity contribution in [2.75, 3.05) is 6.54 Å². The van der Waals surface area contributed by atoms with E-state index in [4.69, 9.17) is 5.73 Å². The number of nitrogens with zero attached hydrogens (tertiary/aromatic N) is 1. The second-order valence-corrected chi connectivity index (χ2v) is 5.70. The molecule has 2 heterocycles. The minimum absolute atomic E-state index is 0.282. The van der Waals surface area contributed by atoms with Crippen molar-refractivity contribution in [1.29, 1.82) is 0 Å². The Morgan fingerprint density at radius 3 is 2.95 bits per heavy atom. The van der Waals surface area contributed by atoms with E-state index in [1.165, 1.54) is 4.90 Å². The summed E-state index contributed by atoms with van der Waals surface area (Å²) in [6.07, 6.45) is 3.46. The minimum Gasteiger partial charge on any atom is -0.480 e. The smallest absolute Gasteiger partial charge is 0.326 e. The second-order valence-electron chi connectivity index (χ2n) is 5.70. The third-order valence-electron chi connectivity index (χ3n) is 4.25. The predicted molar refractivity (Wildman–Crippen MR) is 82.3 cm³/mol. The molecule has 1 saturated heterocycles. The predicted octanol–water partition coefficient (Wildman–Crippen LogP) is 1.11. The van der Waals surface area contributed by atoms with Crippen molar-refractivity contribution >= 4 is 22.8 Å². The van der Waals surface area contributed by atoms with Crippen LogP contribution in [-0.2, 0) is 16.0 Å². The van der Waals surface area contributed by atoms with Crippen LogP contribution in [0.4, 0.5) is 0 Å². The number of likely N-dealkylation sites (tertiary alicyclic amines) is 1. The first-order chi connectivity index (χ1) is 10.6. The Balaban J connectivity index is 1.75. The van der Waals surface area contributed by atoms with Crippen molar-refractivity contribution in [3.8, 4) is 0 Å². The fourth-order valence-corrected chi connectivity index (χ4v) is 3.12. The Bertz CT molecular complexity index is 709. The van der Waals surface area contributed by atoms with Gasteiger partial charge in [0, 0.05) is 23.6 Å². The lowest BCUT2D eigenvalue weighted by Crippen LogP contribution is -2.49. The first-order valence-corrected chi connectivity index (χ1v) is 7.42.